The van der Waals surface area contributed by atoms with E-state index in [2.05, 4.69) is 78.6 Å². The minimum atomic E-state index is -1.80. The Bertz CT molecular complexity index is 1340. The molecule has 2 saturated heterocycles. The van der Waals surface area contributed by atoms with Gasteiger partial charge in [-0.1, -0.05) is 44.9 Å². The zero-order chi connectivity index (χ0) is 43.6. The summed E-state index contributed by atoms with van der Waals surface area (Å²) < 4.78 is 33.7. The highest BCUT2D eigenvalue weighted by Crippen LogP contribution is 2.46. The fourth-order valence-corrected chi connectivity index (χ4v) is 40.1. The van der Waals surface area contributed by atoms with Gasteiger partial charge in [0.25, 0.3) is 0 Å². The molecule has 0 aromatic carbocycles. The summed E-state index contributed by atoms with van der Waals surface area (Å²) in [5, 5.41) is 10.0. The molecule has 2 aliphatic heterocycles. The van der Waals surface area contributed by atoms with Crippen LogP contribution in [0.4, 0.5) is 0 Å². The lowest BCUT2D eigenvalue weighted by Gasteiger charge is -2.42. The van der Waals surface area contributed by atoms with Gasteiger partial charge in [0.2, 0.25) is 0 Å². The van der Waals surface area contributed by atoms with Crippen molar-refractivity contribution < 1.29 is 26.9 Å². The molecule has 12 heteroatoms. The first kappa shape index (κ1) is 50.5. The van der Waals surface area contributed by atoms with E-state index in [-0.39, 0.29) is 6.10 Å². The van der Waals surface area contributed by atoms with E-state index in [1.54, 1.807) is 0 Å². The lowest BCUT2D eigenvalue weighted by atomic mass is 9.71. The fourth-order valence-electron chi connectivity index (χ4n) is 13.2. The van der Waals surface area contributed by atoms with Gasteiger partial charge in [0.05, 0.1) is 30.5 Å². The lowest BCUT2D eigenvalue weighted by Crippen LogP contribution is -2.45. The Balaban J connectivity index is 1.00. The van der Waals surface area contributed by atoms with Crippen LogP contribution in [0.3, 0.4) is 0 Å². The van der Waals surface area contributed by atoms with E-state index in [1.165, 1.54) is 145 Å². The summed E-state index contributed by atoms with van der Waals surface area (Å²) in [4.78, 5) is 0. The second-order valence-corrected chi connectivity index (χ2v) is 52.3. The maximum absolute atomic E-state index is 10.0. The van der Waals surface area contributed by atoms with E-state index in [9.17, 15) is 5.11 Å². The second-order valence-electron chi connectivity index (χ2n) is 25.8. The molecule has 6 nitrogen and oxygen atoms in total. The molecular formula is C48H98O6Si6. The van der Waals surface area contributed by atoms with Crippen molar-refractivity contribution in [1.82, 2.24) is 0 Å². The molecule has 2 heterocycles. The van der Waals surface area contributed by atoms with Crippen molar-refractivity contribution in [3.8, 4) is 0 Å². The molecule has 6 rings (SSSR count). The van der Waals surface area contributed by atoms with Gasteiger partial charge in [-0.2, -0.15) is 0 Å². The van der Waals surface area contributed by atoms with Crippen LogP contribution in [0, 0.1) is 35.5 Å². The average molecular weight is 940 g/mol. The van der Waals surface area contributed by atoms with Gasteiger partial charge in [0.15, 0.2) is 49.9 Å². The van der Waals surface area contributed by atoms with Gasteiger partial charge in [-0.15, -0.1) is 0 Å². The predicted molar refractivity (Wildman–Crippen MR) is 269 cm³/mol. The van der Waals surface area contributed by atoms with Crippen molar-refractivity contribution in [3.63, 3.8) is 0 Å². The van der Waals surface area contributed by atoms with Gasteiger partial charge in [-0.05, 0) is 227 Å². The zero-order valence-electron chi connectivity index (χ0n) is 41.5. The number of aliphatic hydroxyl groups excluding tert-OH is 1. The molecule has 9 atom stereocenters. The van der Waals surface area contributed by atoms with Crippen molar-refractivity contribution in [2.75, 3.05) is 0 Å². The maximum Gasteiger partial charge on any atom is 0.173 e. The van der Waals surface area contributed by atoms with E-state index < -0.39 is 49.9 Å². The summed E-state index contributed by atoms with van der Waals surface area (Å²) in [6.45, 7) is 30.4. The highest BCUT2D eigenvalue weighted by Gasteiger charge is 2.46. The topological polar surface area (TPSA) is 73.0 Å². The van der Waals surface area contributed by atoms with Crippen LogP contribution < -0.4 is 0 Å². The van der Waals surface area contributed by atoms with Crippen molar-refractivity contribution in [2.24, 2.45) is 35.5 Å². The Morgan fingerprint density at radius 2 is 0.667 bits per heavy atom. The fraction of sp³-hybridized carbons (Fsp3) is 1.00. The number of hydrogen-bond acceptors (Lipinski definition) is 6. The number of epoxide rings is 2. The monoisotopic (exact) mass is 939 g/mol. The quantitative estimate of drug-likeness (QED) is 0.0768. The molecule has 350 valence electrons. The number of fused-ring (bicyclic) bond motifs is 2. The molecule has 0 aromatic rings. The second kappa shape index (κ2) is 20.9. The molecule has 4 saturated carbocycles. The predicted octanol–water partition coefficient (Wildman–Crippen LogP) is 14.3. The minimum Gasteiger partial charge on any atom is -0.455 e. The molecule has 6 fully saturated rings. The number of rotatable bonds is 24. The van der Waals surface area contributed by atoms with E-state index in [0.717, 1.165) is 48.3 Å². The number of aliphatic hydroxyl groups is 1. The third kappa shape index (κ3) is 17.1. The molecule has 6 aliphatic rings. The highest BCUT2D eigenvalue weighted by atomic mass is 28.4. The first-order valence-electron chi connectivity index (χ1n) is 26.0. The Labute approximate surface area is 377 Å². The van der Waals surface area contributed by atoms with Gasteiger partial charge in [-0.3, -0.25) is 0 Å². The SMILES string of the molecule is C[Si](C)(CCC1CCC(CC[Si](C)(C)O[Si](C)(C)CCC2CCC3OC3C2)C(CC[Si](C)(C)O[Si](C)(C)CCC2CCC(O)CC2)C1)O[Si](C)(C)CCC1CCC2OC2C1. The molecule has 9 unspecified atom stereocenters. The molecule has 0 bridgehead atoms. The number of hydrogen-bond donors (Lipinski definition) is 1. The Morgan fingerprint density at radius 3 is 1.07 bits per heavy atom. The van der Waals surface area contributed by atoms with Crippen LogP contribution >= 0.6 is 0 Å². The van der Waals surface area contributed by atoms with Crippen LogP contribution in [0.25, 0.3) is 0 Å². The molecule has 0 amide bonds. The highest BCUT2D eigenvalue weighted by molar-refractivity contribution is 6.86. The van der Waals surface area contributed by atoms with E-state index in [0.29, 0.717) is 24.4 Å². The van der Waals surface area contributed by atoms with Crippen molar-refractivity contribution in [3.05, 3.63) is 0 Å². The van der Waals surface area contributed by atoms with Crippen molar-refractivity contribution in [2.45, 2.75) is 267 Å². The maximum atomic E-state index is 10.0. The minimum absolute atomic E-state index is 0.0530. The van der Waals surface area contributed by atoms with Crippen LogP contribution in [0.2, 0.25) is 115 Å². The molecular weight excluding hydrogens is 841 g/mol. The summed E-state index contributed by atoms with van der Waals surface area (Å²) in [6.07, 6.45) is 27.2. The van der Waals surface area contributed by atoms with E-state index in [1.807, 2.05) is 0 Å². The average Bonchev–Trinajstić information content (AvgIpc) is 4.08. The van der Waals surface area contributed by atoms with E-state index >= 15 is 0 Å². The van der Waals surface area contributed by atoms with Crippen LogP contribution in [-0.4, -0.2) is 85.5 Å². The molecule has 4 aliphatic carbocycles. The molecule has 0 radical (unpaired) electrons. The third-order valence-electron chi connectivity index (χ3n) is 16.8. The van der Waals surface area contributed by atoms with Crippen LogP contribution in [-0.2, 0) is 21.8 Å². The van der Waals surface area contributed by atoms with Gasteiger partial charge in [0, 0.05) is 0 Å². The Kier molecular flexibility index (Phi) is 17.6. The molecule has 1 N–H and O–H groups in total. The van der Waals surface area contributed by atoms with Crippen molar-refractivity contribution in [1.29, 1.82) is 0 Å². The van der Waals surface area contributed by atoms with E-state index in [4.69, 9.17) is 21.8 Å². The van der Waals surface area contributed by atoms with Crippen LogP contribution in [0.15, 0.2) is 0 Å². The van der Waals surface area contributed by atoms with Gasteiger partial charge < -0.3 is 26.9 Å². The van der Waals surface area contributed by atoms with Crippen molar-refractivity contribution >= 4 is 49.9 Å². The van der Waals surface area contributed by atoms with Gasteiger partial charge in [-0.25, -0.2) is 0 Å². The Morgan fingerprint density at radius 1 is 0.350 bits per heavy atom. The molecule has 0 aromatic heterocycles. The first-order chi connectivity index (χ1) is 27.9. The van der Waals surface area contributed by atoms with Gasteiger partial charge in [0.1, 0.15) is 0 Å². The summed E-state index contributed by atoms with van der Waals surface area (Å²) in [7, 11) is -10.4. The molecule has 0 spiro atoms. The Hall–Kier alpha value is 1.06. The van der Waals surface area contributed by atoms with Gasteiger partial charge >= 0.3 is 0 Å². The zero-order valence-corrected chi connectivity index (χ0v) is 47.5. The molecule has 60 heavy (non-hydrogen) atoms. The summed E-state index contributed by atoms with van der Waals surface area (Å²) in [5.41, 5.74) is 0. The first-order valence-corrected chi connectivity index (χ1v) is 44.7. The third-order valence-corrected chi connectivity index (χ3v) is 39.0. The van der Waals surface area contributed by atoms with Crippen LogP contribution in [0.5, 0.6) is 0 Å². The summed E-state index contributed by atoms with van der Waals surface area (Å²) >= 11 is 0. The smallest absolute Gasteiger partial charge is 0.173 e. The normalized spacial score (nSPS) is 34.2. The largest absolute Gasteiger partial charge is 0.455 e. The lowest BCUT2D eigenvalue weighted by molar-refractivity contribution is 0.107. The summed E-state index contributed by atoms with van der Waals surface area (Å²) in [6, 6.07) is 7.90. The van der Waals surface area contributed by atoms with Crippen LogP contribution in [0.1, 0.15) is 122 Å². The number of ether oxygens (including phenoxy) is 2. The summed E-state index contributed by atoms with van der Waals surface area (Å²) in [5.74, 6) is 5.05. The standard InChI is InChI=1S/C48H98O6Si6/c1-55(2,29-23-38-14-19-44(49)20-15-38)53-60(11,12)34-28-43-35-39(24-30-56(3,4)52-57(5,6)31-25-40-16-21-45-47(36-40)50-45)13-18-42(43)27-33-59(9,10)54-58(7,8)32-26-41-17-22-46-48(37-41)51-46/h38-49H,13-37H2,1-12H3.